The van der Waals surface area contributed by atoms with E-state index in [1.807, 2.05) is 13.8 Å². The number of hydrogen-bond donors (Lipinski definition) is 0. The highest BCUT2D eigenvalue weighted by Gasteiger charge is 2.28. The SMILES string of the molecule is CCCCN(CC)S(=O)(=O)c1cc(CCl)oc1Br. The normalized spacial score (nSPS) is 12.3. The highest BCUT2D eigenvalue weighted by Crippen LogP contribution is 2.29. The third kappa shape index (κ3) is 3.50. The van der Waals surface area contributed by atoms with Gasteiger partial charge in [0, 0.05) is 19.2 Å². The van der Waals surface area contributed by atoms with Gasteiger partial charge in [0.2, 0.25) is 10.0 Å². The molecule has 0 saturated heterocycles. The van der Waals surface area contributed by atoms with Crippen molar-refractivity contribution in [2.45, 2.75) is 37.5 Å². The van der Waals surface area contributed by atoms with Crippen molar-refractivity contribution in [3.63, 3.8) is 0 Å². The van der Waals surface area contributed by atoms with Crippen LogP contribution in [0.25, 0.3) is 0 Å². The first kappa shape index (κ1) is 16.0. The maximum Gasteiger partial charge on any atom is 0.247 e. The number of nitrogens with zero attached hydrogens (tertiary/aromatic N) is 1. The number of hydrogen-bond acceptors (Lipinski definition) is 3. The predicted octanol–water partition coefficient (Wildman–Crippen LogP) is 3.59. The fourth-order valence-electron chi connectivity index (χ4n) is 1.56. The maximum absolute atomic E-state index is 12.4. The van der Waals surface area contributed by atoms with E-state index in [4.69, 9.17) is 16.0 Å². The van der Waals surface area contributed by atoms with Gasteiger partial charge in [0.05, 0.1) is 5.88 Å². The standard InChI is InChI=1S/C11H17BrClNO3S/c1-3-5-6-14(4-2)18(15,16)10-7-9(8-13)17-11(10)12/h7H,3-6,8H2,1-2H3. The summed E-state index contributed by atoms with van der Waals surface area (Å²) >= 11 is 8.76. The Labute approximate surface area is 121 Å². The van der Waals surface area contributed by atoms with Gasteiger partial charge in [0.25, 0.3) is 0 Å². The molecule has 0 aliphatic carbocycles. The molecule has 7 heteroatoms. The molecule has 0 radical (unpaired) electrons. The van der Waals surface area contributed by atoms with Crippen LogP contribution in [-0.4, -0.2) is 25.8 Å². The molecular formula is C11H17BrClNO3S. The highest BCUT2D eigenvalue weighted by atomic mass is 79.9. The van der Waals surface area contributed by atoms with Crippen LogP contribution in [0.15, 0.2) is 20.0 Å². The molecule has 0 bridgehead atoms. The van der Waals surface area contributed by atoms with Gasteiger partial charge < -0.3 is 4.42 Å². The molecule has 0 atom stereocenters. The summed E-state index contributed by atoms with van der Waals surface area (Å²) in [7, 11) is -3.51. The van der Waals surface area contributed by atoms with Gasteiger partial charge in [-0.1, -0.05) is 20.3 Å². The van der Waals surface area contributed by atoms with Crippen molar-refractivity contribution in [2.75, 3.05) is 13.1 Å². The second kappa shape index (κ2) is 6.93. The van der Waals surface area contributed by atoms with Crippen molar-refractivity contribution in [2.24, 2.45) is 0 Å². The molecule has 18 heavy (non-hydrogen) atoms. The van der Waals surface area contributed by atoms with E-state index in [9.17, 15) is 8.42 Å². The molecule has 1 aromatic heterocycles. The third-order valence-corrected chi connectivity index (χ3v) is 5.66. The summed E-state index contributed by atoms with van der Waals surface area (Å²) in [6.45, 7) is 4.81. The number of unbranched alkanes of at least 4 members (excludes halogenated alkanes) is 1. The van der Waals surface area contributed by atoms with Gasteiger partial charge in [-0.15, -0.1) is 11.6 Å². The van der Waals surface area contributed by atoms with E-state index in [0.29, 0.717) is 18.8 Å². The highest BCUT2D eigenvalue weighted by molar-refractivity contribution is 9.10. The molecule has 4 nitrogen and oxygen atoms in total. The molecule has 104 valence electrons. The van der Waals surface area contributed by atoms with E-state index in [0.717, 1.165) is 12.8 Å². The lowest BCUT2D eigenvalue weighted by atomic mass is 10.3. The lowest BCUT2D eigenvalue weighted by Gasteiger charge is -2.19. The van der Waals surface area contributed by atoms with Crippen LogP contribution in [0, 0.1) is 0 Å². The van der Waals surface area contributed by atoms with E-state index in [1.165, 1.54) is 10.4 Å². The molecule has 1 rings (SSSR count). The average molecular weight is 359 g/mol. The Morgan fingerprint density at radius 3 is 2.56 bits per heavy atom. The van der Waals surface area contributed by atoms with E-state index in [2.05, 4.69) is 15.9 Å². The molecule has 0 aliphatic heterocycles. The minimum atomic E-state index is -3.51. The van der Waals surface area contributed by atoms with Crippen molar-refractivity contribution in [1.82, 2.24) is 4.31 Å². The topological polar surface area (TPSA) is 50.5 Å². The van der Waals surface area contributed by atoms with Crippen molar-refractivity contribution < 1.29 is 12.8 Å². The number of halogens is 2. The molecule has 0 fully saturated rings. The summed E-state index contributed by atoms with van der Waals surface area (Å²) in [6, 6.07) is 1.47. The Hall–Kier alpha value is -0.0400. The van der Waals surface area contributed by atoms with Crippen molar-refractivity contribution >= 4 is 37.6 Å². The number of sulfonamides is 1. The van der Waals surface area contributed by atoms with Gasteiger partial charge in [-0.2, -0.15) is 4.31 Å². The summed E-state index contributed by atoms with van der Waals surface area (Å²) in [6.07, 6.45) is 1.79. The average Bonchev–Trinajstić information content (AvgIpc) is 2.72. The predicted molar refractivity (Wildman–Crippen MR) is 75.3 cm³/mol. The Morgan fingerprint density at radius 1 is 1.44 bits per heavy atom. The van der Waals surface area contributed by atoms with Crippen LogP contribution in [0.2, 0.25) is 0 Å². The van der Waals surface area contributed by atoms with Gasteiger partial charge in [0.1, 0.15) is 10.7 Å². The van der Waals surface area contributed by atoms with Crippen LogP contribution in [0.3, 0.4) is 0 Å². The monoisotopic (exact) mass is 357 g/mol. The summed E-state index contributed by atoms with van der Waals surface area (Å²) in [5, 5.41) is 0. The lowest BCUT2D eigenvalue weighted by Crippen LogP contribution is -2.31. The van der Waals surface area contributed by atoms with Gasteiger partial charge in [-0.25, -0.2) is 8.42 Å². The van der Waals surface area contributed by atoms with Crippen LogP contribution < -0.4 is 0 Å². The molecule has 0 aliphatic rings. The molecule has 0 saturated carbocycles. The summed E-state index contributed by atoms with van der Waals surface area (Å²) in [5.41, 5.74) is 0. The first-order valence-electron chi connectivity index (χ1n) is 5.81. The number of furan rings is 1. The molecule has 0 spiro atoms. The molecule has 1 aromatic rings. The summed E-state index contributed by atoms with van der Waals surface area (Å²) < 4.78 is 31.7. The molecule has 1 heterocycles. The lowest BCUT2D eigenvalue weighted by molar-refractivity contribution is 0.416. The van der Waals surface area contributed by atoms with E-state index >= 15 is 0 Å². The van der Waals surface area contributed by atoms with Gasteiger partial charge in [-0.05, 0) is 22.4 Å². The van der Waals surface area contributed by atoms with Crippen LogP contribution in [0.1, 0.15) is 32.4 Å². The smallest absolute Gasteiger partial charge is 0.247 e. The molecular weight excluding hydrogens is 342 g/mol. The zero-order chi connectivity index (χ0) is 13.8. The maximum atomic E-state index is 12.4. The Balaban J connectivity index is 3.06. The zero-order valence-electron chi connectivity index (χ0n) is 10.4. The fourth-order valence-corrected chi connectivity index (χ4v) is 4.14. The molecule has 0 unspecified atom stereocenters. The minimum absolute atomic E-state index is 0.148. The Bertz CT molecular complexity index is 486. The largest absolute Gasteiger partial charge is 0.452 e. The third-order valence-electron chi connectivity index (χ3n) is 2.57. The number of rotatable bonds is 7. The van der Waals surface area contributed by atoms with E-state index in [1.54, 1.807) is 0 Å². The fraction of sp³-hybridized carbons (Fsp3) is 0.636. The van der Waals surface area contributed by atoms with Crippen LogP contribution in [0.5, 0.6) is 0 Å². The second-order valence-corrected chi connectivity index (χ2v) is 6.73. The molecule has 0 amide bonds. The summed E-state index contributed by atoms with van der Waals surface area (Å²) in [5.74, 6) is 0.587. The van der Waals surface area contributed by atoms with Crippen molar-refractivity contribution in [1.29, 1.82) is 0 Å². The molecule has 0 aromatic carbocycles. The number of alkyl halides is 1. The van der Waals surface area contributed by atoms with E-state index < -0.39 is 10.0 Å². The quantitative estimate of drug-likeness (QED) is 0.700. The van der Waals surface area contributed by atoms with Crippen LogP contribution in [-0.2, 0) is 15.9 Å². The van der Waals surface area contributed by atoms with Crippen LogP contribution in [0.4, 0.5) is 0 Å². The first-order valence-corrected chi connectivity index (χ1v) is 8.58. The van der Waals surface area contributed by atoms with Gasteiger partial charge in [0.15, 0.2) is 4.67 Å². The Kier molecular flexibility index (Phi) is 6.17. The van der Waals surface area contributed by atoms with Crippen molar-refractivity contribution in [3.8, 4) is 0 Å². The van der Waals surface area contributed by atoms with Gasteiger partial charge >= 0.3 is 0 Å². The zero-order valence-corrected chi connectivity index (χ0v) is 13.6. The van der Waals surface area contributed by atoms with Crippen molar-refractivity contribution in [3.05, 3.63) is 16.5 Å². The first-order chi connectivity index (χ1) is 8.47. The minimum Gasteiger partial charge on any atom is -0.452 e. The second-order valence-electron chi connectivity index (χ2n) is 3.83. The summed E-state index contributed by atoms with van der Waals surface area (Å²) in [4.78, 5) is 0.149. The van der Waals surface area contributed by atoms with Crippen LogP contribution >= 0.6 is 27.5 Å². The van der Waals surface area contributed by atoms with E-state index in [-0.39, 0.29) is 15.4 Å². The Morgan fingerprint density at radius 2 is 2.11 bits per heavy atom. The van der Waals surface area contributed by atoms with Gasteiger partial charge in [-0.3, -0.25) is 0 Å². The molecule has 0 N–H and O–H groups in total.